The molecule has 0 unspecified atom stereocenters. The summed E-state index contributed by atoms with van der Waals surface area (Å²) >= 11 is 0. The van der Waals surface area contributed by atoms with E-state index in [1.165, 1.54) is 21.8 Å². The molecular weight excluding hydrogens is 492 g/mol. The van der Waals surface area contributed by atoms with Gasteiger partial charge in [-0.15, -0.1) is 0 Å². The topological polar surface area (TPSA) is 124 Å². The number of anilines is 2. The molecule has 4 heterocycles. The van der Waals surface area contributed by atoms with Gasteiger partial charge >= 0.3 is 0 Å². The number of hydrogen-bond acceptors (Lipinski definition) is 8. The van der Waals surface area contributed by atoms with Crippen LogP contribution in [0.5, 0.6) is 0 Å². The van der Waals surface area contributed by atoms with Crippen LogP contribution in [0.3, 0.4) is 0 Å². The van der Waals surface area contributed by atoms with E-state index in [1.807, 2.05) is 88.2 Å². The smallest absolute Gasteiger partial charge is 0.293 e. The van der Waals surface area contributed by atoms with Crippen LogP contribution in [0.1, 0.15) is 36.6 Å². The van der Waals surface area contributed by atoms with Crippen molar-refractivity contribution in [3.8, 4) is 23.8 Å². The van der Waals surface area contributed by atoms with Crippen molar-refractivity contribution < 1.29 is 0 Å². The summed E-state index contributed by atoms with van der Waals surface area (Å²) in [7, 11) is 7.61. The Balaban J connectivity index is 1.95. The second-order valence-corrected chi connectivity index (χ2v) is 9.57. The van der Waals surface area contributed by atoms with Crippen LogP contribution in [0.25, 0.3) is 21.3 Å². The van der Waals surface area contributed by atoms with Crippen molar-refractivity contribution in [2.24, 2.45) is 0 Å². The highest BCUT2D eigenvalue weighted by atomic mass is 15.2. The van der Waals surface area contributed by atoms with Gasteiger partial charge in [-0.1, -0.05) is 18.1 Å². The molecule has 0 aliphatic carbocycles. The molecule has 192 valence electrons. The second-order valence-electron chi connectivity index (χ2n) is 9.57. The van der Waals surface area contributed by atoms with Crippen molar-refractivity contribution in [2.75, 3.05) is 38.0 Å². The van der Waals surface area contributed by atoms with Crippen LogP contribution in [0.4, 0.5) is 23.0 Å². The summed E-state index contributed by atoms with van der Waals surface area (Å²) in [4.78, 5) is 28.6. The standard InChI is InChI=1S/C27H24N12/c1-27(2,21-9-17(36(5)6)11-23(34-21)38-15-32-19(13-28)20(38)14-29)22-10-18(37(7)8)12-24(35-22)39-16-33-25(30-3)26(39)31-4/h9-12,15-16H,1-2,5-8H3. The molecule has 4 aromatic heterocycles. The number of aromatic nitrogens is 6. The van der Waals surface area contributed by atoms with Gasteiger partial charge in [0.1, 0.15) is 24.3 Å². The molecule has 4 aromatic rings. The van der Waals surface area contributed by atoms with E-state index in [0.717, 1.165) is 11.4 Å². The maximum absolute atomic E-state index is 9.69. The lowest BCUT2D eigenvalue weighted by Gasteiger charge is -2.27. The molecule has 12 heteroatoms. The highest BCUT2D eigenvalue weighted by Crippen LogP contribution is 2.36. The number of hydrogen-bond donors (Lipinski definition) is 0. The van der Waals surface area contributed by atoms with Gasteiger partial charge in [-0.05, 0) is 26.0 Å². The van der Waals surface area contributed by atoms with Gasteiger partial charge in [0, 0.05) is 57.1 Å². The summed E-state index contributed by atoms with van der Waals surface area (Å²) < 4.78 is 3.01. The average Bonchev–Trinajstić information content (AvgIpc) is 3.55. The highest BCUT2D eigenvalue weighted by molar-refractivity contribution is 5.66. The zero-order valence-electron chi connectivity index (χ0n) is 22.3. The van der Waals surface area contributed by atoms with Gasteiger partial charge in [-0.2, -0.15) is 10.5 Å². The fraction of sp³-hybridized carbons (Fsp3) is 0.259. The predicted molar refractivity (Wildman–Crippen MR) is 145 cm³/mol. The summed E-state index contributed by atoms with van der Waals surface area (Å²) in [5, 5.41) is 19.1. The Morgan fingerprint density at radius 3 is 1.79 bits per heavy atom. The number of nitriles is 2. The van der Waals surface area contributed by atoms with Crippen molar-refractivity contribution in [2.45, 2.75) is 19.3 Å². The van der Waals surface area contributed by atoms with Gasteiger partial charge in [-0.3, -0.25) is 4.57 Å². The SMILES string of the molecule is [C-]#[N+]c1ncn(-c2cc(N(C)C)cc(C(C)(C)c3cc(N(C)C)cc(-n4cnc(C#N)c4C#N)n3)n2)c1[N+]#[C-]. The van der Waals surface area contributed by atoms with Crippen molar-refractivity contribution in [3.05, 3.63) is 82.5 Å². The van der Waals surface area contributed by atoms with E-state index < -0.39 is 5.41 Å². The number of nitrogens with zero attached hydrogens (tertiary/aromatic N) is 12. The molecule has 0 saturated heterocycles. The van der Waals surface area contributed by atoms with Crippen molar-refractivity contribution in [1.29, 1.82) is 10.5 Å². The minimum atomic E-state index is -0.755. The Morgan fingerprint density at radius 2 is 1.33 bits per heavy atom. The van der Waals surface area contributed by atoms with Crippen LogP contribution in [-0.2, 0) is 5.41 Å². The Morgan fingerprint density at radius 1 is 0.795 bits per heavy atom. The third-order valence-electron chi connectivity index (χ3n) is 6.32. The third kappa shape index (κ3) is 4.59. The molecule has 0 N–H and O–H groups in total. The monoisotopic (exact) mass is 516 g/mol. The minimum absolute atomic E-state index is 0.0122. The van der Waals surface area contributed by atoms with Crippen LogP contribution in [0.2, 0.25) is 0 Å². The van der Waals surface area contributed by atoms with Crippen LogP contribution in [-0.4, -0.2) is 57.3 Å². The zero-order valence-corrected chi connectivity index (χ0v) is 22.3. The summed E-state index contributed by atoms with van der Waals surface area (Å²) in [6.07, 6.45) is 2.84. The summed E-state index contributed by atoms with van der Waals surface area (Å²) in [5.74, 6) is 0.981. The maximum atomic E-state index is 9.69. The lowest BCUT2D eigenvalue weighted by atomic mass is 9.84. The highest BCUT2D eigenvalue weighted by Gasteiger charge is 2.31. The second kappa shape index (κ2) is 9.97. The average molecular weight is 517 g/mol. The molecule has 0 amide bonds. The van der Waals surface area contributed by atoms with Crippen molar-refractivity contribution in [3.63, 3.8) is 0 Å². The molecule has 0 bridgehead atoms. The Bertz CT molecular complexity index is 1620. The first-order chi connectivity index (χ1) is 18.5. The fourth-order valence-corrected chi connectivity index (χ4v) is 3.93. The van der Waals surface area contributed by atoms with Crippen LogP contribution in [0.15, 0.2) is 36.9 Å². The molecular formula is C27H24N12. The Kier molecular flexibility index (Phi) is 6.74. The third-order valence-corrected chi connectivity index (χ3v) is 6.32. The number of rotatable bonds is 6. The molecule has 0 radical (unpaired) electrons. The molecule has 0 fully saturated rings. The fourth-order valence-electron chi connectivity index (χ4n) is 3.93. The summed E-state index contributed by atoms with van der Waals surface area (Å²) in [5.41, 5.74) is 2.35. The molecule has 0 aromatic carbocycles. The zero-order chi connectivity index (χ0) is 28.5. The van der Waals surface area contributed by atoms with Crippen molar-refractivity contribution >= 4 is 23.0 Å². The first-order valence-electron chi connectivity index (χ1n) is 11.7. The van der Waals surface area contributed by atoms with Crippen LogP contribution in [0, 0.1) is 35.8 Å². The van der Waals surface area contributed by atoms with Gasteiger partial charge in [0.15, 0.2) is 11.4 Å². The maximum Gasteiger partial charge on any atom is 0.293 e. The molecule has 39 heavy (non-hydrogen) atoms. The van der Waals surface area contributed by atoms with Gasteiger partial charge in [0.05, 0.1) is 11.4 Å². The first-order valence-corrected chi connectivity index (χ1v) is 11.7. The predicted octanol–water partition coefficient (Wildman–Crippen LogP) is 4.15. The van der Waals surface area contributed by atoms with E-state index in [1.54, 1.807) is 0 Å². The van der Waals surface area contributed by atoms with E-state index >= 15 is 0 Å². The summed E-state index contributed by atoms with van der Waals surface area (Å²) in [6, 6.07) is 11.5. The van der Waals surface area contributed by atoms with Gasteiger partial charge in [-0.25, -0.2) is 19.5 Å². The van der Waals surface area contributed by atoms with E-state index in [0.29, 0.717) is 23.0 Å². The molecule has 0 saturated carbocycles. The Hall–Kier alpha value is -5.72. The van der Waals surface area contributed by atoms with Gasteiger partial charge in [0.2, 0.25) is 5.82 Å². The van der Waals surface area contributed by atoms with Gasteiger partial charge < -0.3 is 19.5 Å². The van der Waals surface area contributed by atoms with E-state index in [2.05, 4.69) is 19.7 Å². The van der Waals surface area contributed by atoms with Crippen molar-refractivity contribution in [1.82, 2.24) is 29.1 Å². The van der Waals surface area contributed by atoms with Gasteiger partial charge in [0.25, 0.3) is 18.0 Å². The number of pyridine rings is 2. The van der Waals surface area contributed by atoms with Crippen LogP contribution < -0.4 is 9.80 Å². The Labute approximate surface area is 226 Å². The normalized spacial score (nSPS) is 10.7. The quantitative estimate of drug-likeness (QED) is 0.350. The number of imidazole rings is 2. The largest absolute Gasteiger partial charge is 0.377 e. The van der Waals surface area contributed by atoms with Crippen LogP contribution >= 0.6 is 0 Å². The van der Waals surface area contributed by atoms with E-state index in [-0.39, 0.29) is 23.0 Å². The lowest BCUT2D eigenvalue weighted by molar-refractivity contribution is 0.591. The first kappa shape index (κ1) is 26.3. The molecule has 0 aliphatic heterocycles. The molecule has 12 nitrogen and oxygen atoms in total. The molecule has 4 rings (SSSR count). The molecule has 0 aliphatic rings. The lowest BCUT2D eigenvalue weighted by Crippen LogP contribution is -2.25. The summed E-state index contributed by atoms with van der Waals surface area (Å²) in [6.45, 7) is 18.9. The molecule has 0 spiro atoms. The van der Waals surface area contributed by atoms with E-state index in [9.17, 15) is 10.5 Å². The molecule has 0 atom stereocenters. The van der Waals surface area contributed by atoms with E-state index in [4.69, 9.17) is 23.1 Å². The minimum Gasteiger partial charge on any atom is -0.377 e.